The highest BCUT2D eigenvalue weighted by molar-refractivity contribution is 5.83. The van der Waals surface area contributed by atoms with Gasteiger partial charge in [0.1, 0.15) is 11.6 Å². The number of aliphatic hydroxyl groups excluding tert-OH is 2. The van der Waals surface area contributed by atoms with Crippen molar-refractivity contribution < 1.29 is 19.3 Å². The van der Waals surface area contributed by atoms with E-state index in [4.69, 9.17) is 4.74 Å². The van der Waals surface area contributed by atoms with E-state index < -0.39 is 6.10 Å². The highest BCUT2D eigenvalue weighted by Crippen LogP contribution is 2.33. The van der Waals surface area contributed by atoms with Crippen molar-refractivity contribution >= 4 is 10.9 Å². The van der Waals surface area contributed by atoms with Crippen molar-refractivity contribution in [3.05, 3.63) is 71.7 Å². The van der Waals surface area contributed by atoms with Gasteiger partial charge in [-0.05, 0) is 85.7 Å². The Bertz CT molecular complexity index is 1170. The molecule has 2 aromatic carbocycles. The molecule has 1 saturated heterocycles. The lowest BCUT2D eigenvalue weighted by Crippen LogP contribution is -2.42. The zero-order valence-electron chi connectivity index (χ0n) is 19.5. The van der Waals surface area contributed by atoms with E-state index in [0.29, 0.717) is 24.4 Å². The molecule has 2 N–H and O–H groups in total. The Morgan fingerprint density at radius 1 is 1.21 bits per heavy atom. The number of rotatable bonds is 7. The standard InChI is InChI=1S/C28H31FN2O3/c1-34-24-8-9-27-26(17-24)25(11-13-30-27)28(33)10-7-21-12-15-31(18-22(21)19-32)14-3-5-20-4-2-6-23(29)16-20/h2,4,6,8-9,11,13,16-17,21-22,28,32-33H,7,10,12,14-15,18-19H2,1H3/t21-,22-,28?/m1/s1. The molecule has 3 aromatic rings. The van der Waals surface area contributed by atoms with Gasteiger partial charge in [-0.25, -0.2) is 4.39 Å². The number of piperidine rings is 1. The summed E-state index contributed by atoms with van der Waals surface area (Å²) >= 11 is 0. The minimum Gasteiger partial charge on any atom is -0.497 e. The number of nitrogens with zero attached hydrogens (tertiary/aromatic N) is 2. The van der Waals surface area contributed by atoms with Crippen molar-refractivity contribution in [2.45, 2.75) is 25.4 Å². The Balaban J connectivity index is 1.34. The molecule has 0 spiro atoms. The van der Waals surface area contributed by atoms with Gasteiger partial charge in [0.2, 0.25) is 0 Å². The lowest BCUT2D eigenvalue weighted by atomic mass is 9.81. The molecule has 34 heavy (non-hydrogen) atoms. The van der Waals surface area contributed by atoms with Gasteiger partial charge in [-0.1, -0.05) is 17.9 Å². The summed E-state index contributed by atoms with van der Waals surface area (Å²) in [4.78, 5) is 6.64. The number of hydrogen-bond acceptors (Lipinski definition) is 5. The van der Waals surface area contributed by atoms with Crippen molar-refractivity contribution in [2.24, 2.45) is 11.8 Å². The van der Waals surface area contributed by atoms with Crippen LogP contribution in [-0.4, -0.2) is 53.4 Å². The number of aromatic nitrogens is 1. The number of methoxy groups -OCH3 is 1. The summed E-state index contributed by atoms with van der Waals surface area (Å²) in [6.45, 7) is 2.37. The van der Waals surface area contributed by atoms with Crippen molar-refractivity contribution in [1.82, 2.24) is 9.88 Å². The Morgan fingerprint density at radius 3 is 2.88 bits per heavy atom. The number of aliphatic hydroxyl groups is 2. The maximum atomic E-state index is 13.3. The smallest absolute Gasteiger partial charge is 0.124 e. The van der Waals surface area contributed by atoms with E-state index in [2.05, 4.69) is 21.7 Å². The second-order valence-corrected chi connectivity index (χ2v) is 8.92. The van der Waals surface area contributed by atoms with Crippen LogP contribution in [0.3, 0.4) is 0 Å². The topological polar surface area (TPSA) is 65.8 Å². The molecule has 1 aliphatic rings. The number of likely N-dealkylation sites (tertiary alicyclic amines) is 1. The summed E-state index contributed by atoms with van der Waals surface area (Å²) < 4.78 is 18.6. The number of benzene rings is 2. The summed E-state index contributed by atoms with van der Waals surface area (Å²) in [5.74, 6) is 7.09. The predicted molar refractivity (Wildman–Crippen MR) is 131 cm³/mol. The molecule has 0 radical (unpaired) electrons. The van der Waals surface area contributed by atoms with Gasteiger partial charge in [-0.2, -0.15) is 0 Å². The fourth-order valence-electron chi connectivity index (χ4n) is 4.80. The molecule has 0 aliphatic carbocycles. The molecular formula is C28H31FN2O3. The molecule has 0 saturated carbocycles. The van der Waals surface area contributed by atoms with E-state index in [1.165, 1.54) is 12.1 Å². The molecule has 1 aromatic heterocycles. The molecule has 5 nitrogen and oxygen atoms in total. The highest BCUT2D eigenvalue weighted by Gasteiger charge is 2.29. The normalized spacial score (nSPS) is 19.4. The average Bonchev–Trinajstić information content (AvgIpc) is 2.87. The van der Waals surface area contributed by atoms with Crippen LogP contribution in [0.2, 0.25) is 0 Å². The van der Waals surface area contributed by atoms with Gasteiger partial charge < -0.3 is 14.9 Å². The maximum Gasteiger partial charge on any atom is 0.124 e. The second kappa shape index (κ2) is 11.4. The first-order valence-corrected chi connectivity index (χ1v) is 11.8. The van der Waals surface area contributed by atoms with E-state index in [1.807, 2.05) is 24.3 Å². The fourth-order valence-corrected chi connectivity index (χ4v) is 4.80. The molecule has 0 bridgehead atoms. The van der Waals surface area contributed by atoms with Crippen molar-refractivity contribution in [2.75, 3.05) is 33.4 Å². The van der Waals surface area contributed by atoms with Crippen LogP contribution in [0, 0.1) is 29.5 Å². The summed E-state index contributed by atoms with van der Waals surface area (Å²) in [5, 5.41) is 21.9. The molecule has 4 rings (SSSR count). The first kappa shape index (κ1) is 24.2. The Morgan fingerprint density at radius 2 is 2.09 bits per heavy atom. The summed E-state index contributed by atoms with van der Waals surface area (Å²) in [6, 6.07) is 13.9. The maximum absolute atomic E-state index is 13.3. The lowest BCUT2D eigenvalue weighted by molar-refractivity contribution is 0.0640. The van der Waals surface area contributed by atoms with Gasteiger partial charge in [0.15, 0.2) is 0 Å². The molecule has 1 aliphatic heterocycles. The van der Waals surface area contributed by atoms with Gasteiger partial charge in [0.25, 0.3) is 0 Å². The summed E-state index contributed by atoms with van der Waals surface area (Å²) in [6.07, 6.45) is 3.53. The SMILES string of the molecule is COc1ccc2nccc(C(O)CC[C@@H]3CCN(CC#Cc4cccc(F)c4)C[C@@H]3CO)c2c1. The second-order valence-electron chi connectivity index (χ2n) is 8.92. The number of pyridine rings is 1. The van der Waals surface area contributed by atoms with Crippen LogP contribution in [0.4, 0.5) is 4.39 Å². The van der Waals surface area contributed by atoms with Gasteiger partial charge >= 0.3 is 0 Å². The molecule has 3 atom stereocenters. The van der Waals surface area contributed by atoms with Crippen LogP contribution in [0.1, 0.15) is 36.5 Å². The number of ether oxygens (including phenoxy) is 1. The Labute approximate surface area is 200 Å². The number of fused-ring (bicyclic) bond motifs is 1. The van der Waals surface area contributed by atoms with Crippen LogP contribution in [-0.2, 0) is 0 Å². The lowest BCUT2D eigenvalue weighted by Gasteiger charge is -2.37. The van der Waals surface area contributed by atoms with E-state index in [0.717, 1.165) is 48.1 Å². The van der Waals surface area contributed by atoms with Crippen LogP contribution in [0.25, 0.3) is 10.9 Å². The van der Waals surface area contributed by atoms with Gasteiger partial charge in [0.05, 0.1) is 25.3 Å². The third kappa shape index (κ3) is 5.92. The Hall–Kier alpha value is -2.98. The first-order chi connectivity index (χ1) is 16.6. The molecule has 6 heteroatoms. The van der Waals surface area contributed by atoms with E-state index in [1.54, 1.807) is 25.4 Å². The monoisotopic (exact) mass is 462 g/mol. The quantitative estimate of drug-likeness (QED) is 0.516. The van der Waals surface area contributed by atoms with Crippen molar-refractivity contribution in [3.8, 4) is 17.6 Å². The van der Waals surface area contributed by atoms with Gasteiger partial charge in [0, 0.05) is 30.3 Å². The Kier molecular flexibility index (Phi) is 8.12. The minimum absolute atomic E-state index is 0.115. The minimum atomic E-state index is -0.605. The summed E-state index contributed by atoms with van der Waals surface area (Å²) in [7, 11) is 1.63. The molecular weight excluding hydrogens is 431 g/mol. The highest BCUT2D eigenvalue weighted by atomic mass is 19.1. The molecule has 2 heterocycles. The third-order valence-electron chi connectivity index (χ3n) is 6.72. The zero-order chi connectivity index (χ0) is 23.9. The fraction of sp³-hybridized carbons (Fsp3) is 0.393. The largest absolute Gasteiger partial charge is 0.497 e. The van der Waals surface area contributed by atoms with Crippen LogP contribution < -0.4 is 4.74 Å². The van der Waals surface area contributed by atoms with Crippen LogP contribution in [0.5, 0.6) is 5.75 Å². The van der Waals surface area contributed by atoms with Crippen molar-refractivity contribution in [3.63, 3.8) is 0 Å². The van der Waals surface area contributed by atoms with Gasteiger partial charge in [-0.15, -0.1) is 0 Å². The number of halogens is 1. The molecule has 0 amide bonds. The van der Waals surface area contributed by atoms with E-state index >= 15 is 0 Å². The predicted octanol–water partition coefficient (Wildman–Crippen LogP) is 4.18. The molecule has 1 fully saturated rings. The molecule has 178 valence electrons. The van der Waals surface area contributed by atoms with Crippen LogP contribution >= 0.6 is 0 Å². The van der Waals surface area contributed by atoms with E-state index in [9.17, 15) is 14.6 Å². The summed E-state index contributed by atoms with van der Waals surface area (Å²) in [5.41, 5.74) is 2.36. The van der Waals surface area contributed by atoms with Crippen LogP contribution in [0.15, 0.2) is 54.7 Å². The average molecular weight is 463 g/mol. The molecule has 1 unspecified atom stereocenters. The third-order valence-corrected chi connectivity index (χ3v) is 6.72. The van der Waals surface area contributed by atoms with Gasteiger partial charge in [-0.3, -0.25) is 9.88 Å². The number of hydrogen-bond donors (Lipinski definition) is 2. The zero-order valence-corrected chi connectivity index (χ0v) is 19.5. The van der Waals surface area contributed by atoms with E-state index in [-0.39, 0.29) is 18.3 Å². The first-order valence-electron chi connectivity index (χ1n) is 11.8. The van der Waals surface area contributed by atoms with Crippen molar-refractivity contribution in [1.29, 1.82) is 0 Å².